The van der Waals surface area contributed by atoms with E-state index in [9.17, 15) is 0 Å². The van der Waals surface area contributed by atoms with E-state index >= 15 is 0 Å². The maximum atomic E-state index is 8.94. The minimum atomic E-state index is -1.25. The fourth-order valence-electron chi connectivity index (χ4n) is 0.632. The van der Waals surface area contributed by atoms with E-state index in [4.69, 9.17) is 25.5 Å². The van der Waals surface area contributed by atoms with Gasteiger partial charge in [0.2, 0.25) is 0 Å². The summed E-state index contributed by atoms with van der Waals surface area (Å²) in [6.45, 7) is -1.02. The summed E-state index contributed by atoms with van der Waals surface area (Å²) in [5, 5.41) is 43.2. The molecule has 0 aromatic rings. The molecule has 0 saturated heterocycles. The summed E-state index contributed by atoms with van der Waals surface area (Å²) < 4.78 is 0. The van der Waals surface area contributed by atoms with Crippen molar-refractivity contribution in [2.24, 2.45) is 0 Å². The number of hydrogen-bond donors (Lipinski definition) is 5. The first-order valence-corrected chi connectivity index (χ1v) is 3.37. The number of hydrogen-bond acceptors (Lipinski definition) is 5. The smallest absolute Gasteiger partial charge is 0.103 e. The zero-order valence-electron chi connectivity index (χ0n) is 6.09. The van der Waals surface area contributed by atoms with Gasteiger partial charge in [0, 0.05) is 6.42 Å². The lowest BCUT2D eigenvalue weighted by Crippen LogP contribution is -2.33. The van der Waals surface area contributed by atoms with E-state index < -0.39 is 31.5 Å². The predicted octanol–water partition coefficient (Wildman–Crippen LogP) is -2.56. The van der Waals surface area contributed by atoms with Crippen LogP contribution in [0.2, 0.25) is 0 Å². The molecule has 0 unspecified atom stereocenters. The molecule has 0 aliphatic rings. The monoisotopic (exact) mass is 166 g/mol. The maximum absolute atomic E-state index is 8.94. The van der Waals surface area contributed by atoms with Crippen molar-refractivity contribution in [3.8, 4) is 0 Å². The number of aliphatic hydroxyl groups is 5. The van der Waals surface area contributed by atoms with Gasteiger partial charge in [0.25, 0.3) is 0 Å². The molecule has 11 heavy (non-hydrogen) atoms. The van der Waals surface area contributed by atoms with Crippen molar-refractivity contribution in [1.29, 1.82) is 0 Å². The van der Waals surface area contributed by atoms with Crippen LogP contribution in [-0.2, 0) is 0 Å². The summed E-state index contributed by atoms with van der Waals surface area (Å²) in [7, 11) is 0. The van der Waals surface area contributed by atoms with Crippen molar-refractivity contribution in [2.45, 2.75) is 24.7 Å². The van der Waals surface area contributed by atoms with E-state index in [1.807, 2.05) is 0 Å². The lowest BCUT2D eigenvalue weighted by atomic mass is 10.1. The van der Waals surface area contributed by atoms with Crippen molar-refractivity contribution >= 4 is 0 Å². The molecule has 0 saturated carbocycles. The topological polar surface area (TPSA) is 101 Å². The molecule has 0 aromatic carbocycles. The van der Waals surface area contributed by atoms with Crippen LogP contribution in [0.1, 0.15) is 6.42 Å². The molecule has 0 bridgehead atoms. The highest BCUT2D eigenvalue weighted by Crippen LogP contribution is 2.02. The average Bonchev–Trinajstić information content (AvgIpc) is 2.02. The lowest BCUT2D eigenvalue weighted by molar-refractivity contribution is -0.0437. The summed E-state index contributed by atoms with van der Waals surface area (Å²) in [5.74, 6) is 0. The Bertz CT molecular complexity index is 97.0. The van der Waals surface area contributed by atoms with E-state index in [1.165, 1.54) is 0 Å². The summed E-state index contributed by atoms with van der Waals surface area (Å²) in [5.41, 5.74) is 0. The minimum Gasteiger partial charge on any atom is -0.394 e. The minimum absolute atomic E-state index is 0.141. The molecule has 0 fully saturated rings. The lowest BCUT2D eigenvalue weighted by Gasteiger charge is -2.17. The molecule has 0 aromatic heterocycles. The van der Waals surface area contributed by atoms with E-state index in [1.54, 1.807) is 0 Å². The molecular weight excluding hydrogens is 152 g/mol. The normalized spacial score (nSPS) is 19.4. The number of aliphatic hydroxyl groups excluding tert-OH is 5. The fraction of sp³-hybridized carbons (Fsp3) is 1.00. The molecule has 0 amide bonds. The van der Waals surface area contributed by atoms with Gasteiger partial charge in [-0.1, -0.05) is 0 Å². The highest BCUT2D eigenvalue weighted by atomic mass is 16.4. The summed E-state index contributed by atoms with van der Waals surface area (Å²) in [6.07, 6.45) is -3.64. The van der Waals surface area contributed by atoms with Gasteiger partial charge in [0.1, 0.15) is 6.10 Å². The van der Waals surface area contributed by atoms with Crippen LogP contribution in [0.25, 0.3) is 0 Å². The molecule has 0 aliphatic heterocycles. The molecule has 0 aliphatic carbocycles. The van der Waals surface area contributed by atoms with Crippen LogP contribution < -0.4 is 0 Å². The third kappa shape index (κ3) is 4.28. The van der Waals surface area contributed by atoms with E-state index in [0.717, 1.165) is 0 Å². The molecule has 5 N–H and O–H groups in total. The zero-order chi connectivity index (χ0) is 8.85. The van der Waals surface area contributed by atoms with Gasteiger partial charge in [-0.15, -0.1) is 0 Å². The first kappa shape index (κ1) is 10.8. The summed E-state index contributed by atoms with van der Waals surface area (Å²) >= 11 is 0. The zero-order valence-corrected chi connectivity index (χ0v) is 6.09. The second-order valence-corrected chi connectivity index (χ2v) is 2.39. The van der Waals surface area contributed by atoms with Crippen LogP contribution >= 0.6 is 0 Å². The van der Waals surface area contributed by atoms with Crippen molar-refractivity contribution in [1.82, 2.24) is 0 Å². The van der Waals surface area contributed by atoms with E-state index in [0.29, 0.717) is 0 Å². The first-order chi connectivity index (χ1) is 5.11. The SMILES string of the molecule is OC[C@@H](O)C[C@H](O)[C@@H](O)CO. The summed E-state index contributed by atoms with van der Waals surface area (Å²) in [6, 6.07) is 0. The molecule has 5 heteroatoms. The van der Waals surface area contributed by atoms with Crippen molar-refractivity contribution in [3.05, 3.63) is 0 Å². The Kier molecular flexibility index (Phi) is 5.35. The Labute approximate surface area is 64.5 Å². The quantitative estimate of drug-likeness (QED) is 0.309. The molecular formula is C6H14O5. The predicted molar refractivity (Wildman–Crippen MR) is 36.8 cm³/mol. The van der Waals surface area contributed by atoms with Gasteiger partial charge >= 0.3 is 0 Å². The van der Waals surface area contributed by atoms with Crippen LogP contribution in [0.5, 0.6) is 0 Å². The van der Waals surface area contributed by atoms with Crippen LogP contribution in [-0.4, -0.2) is 57.1 Å². The largest absolute Gasteiger partial charge is 0.394 e. The fourth-order valence-corrected chi connectivity index (χ4v) is 0.632. The molecule has 0 spiro atoms. The Hall–Kier alpha value is -0.200. The third-order valence-corrected chi connectivity index (χ3v) is 1.36. The van der Waals surface area contributed by atoms with Gasteiger partial charge in [-0.25, -0.2) is 0 Å². The van der Waals surface area contributed by atoms with Crippen molar-refractivity contribution in [2.75, 3.05) is 13.2 Å². The Morgan fingerprint density at radius 2 is 1.36 bits per heavy atom. The van der Waals surface area contributed by atoms with Gasteiger partial charge in [-0.2, -0.15) is 0 Å². The highest BCUT2D eigenvalue weighted by molar-refractivity contribution is 4.69. The first-order valence-electron chi connectivity index (χ1n) is 3.37. The van der Waals surface area contributed by atoms with Crippen LogP contribution in [0.3, 0.4) is 0 Å². The standard InChI is InChI=1S/C6H14O5/c7-2-4(9)1-5(10)6(11)3-8/h4-11H,1-3H2/t4-,5-,6-/m0/s1. The van der Waals surface area contributed by atoms with E-state index in [2.05, 4.69) is 0 Å². The molecule has 0 heterocycles. The molecule has 5 nitrogen and oxygen atoms in total. The Morgan fingerprint density at radius 3 is 1.73 bits per heavy atom. The highest BCUT2D eigenvalue weighted by Gasteiger charge is 2.18. The van der Waals surface area contributed by atoms with Crippen LogP contribution in [0, 0.1) is 0 Å². The van der Waals surface area contributed by atoms with E-state index in [-0.39, 0.29) is 6.42 Å². The van der Waals surface area contributed by atoms with Gasteiger partial charge in [0.05, 0.1) is 25.4 Å². The molecule has 68 valence electrons. The summed E-state index contributed by atoms with van der Waals surface area (Å²) in [4.78, 5) is 0. The number of rotatable bonds is 5. The average molecular weight is 166 g/mol. The third-order valence-electron chi connectivity index (χ3n) is 1.36. The van der Waals surface area contributed by atoms with Crippen LogP contribution in [0.4, 0.5) is 0 Å². The van der Waals surface area contributed by atoms with Crippen molar-refractivity contribution < 1.29 is 25.5 Å². The van der Waals surface area contributed by atoms with Gasteiger partial charge < -0.3 is 25.5 Å². The second-order valence-electron chi connectivity index (χ2n) is 2.39. The van der Waals surface area contributed by atoms with Gasteiger partial charge in [-0.05, 0) is 0 Å². The van der Waals surface area contributed by atoms with Crippen molar-refractivity contribution in [3.63, 3.8) is 0 Å². The maximum Gasteiger partial charge on any atom is 0.103 e. The second kappa shape index (κ2) is 5.45. The Balaban J connectivity index is 3.58. The van der Waals surface area contributed by atoms with Crippen LogP contribution in [0.15, 0.2) is 0 Å². The van der Waals surface area contributed by atoms with Gasteiger partial charge in [-0.3, -0.25) is 0 Å². The molecule has 0 radical (unpaired) electrons. The van der Waals surface area contributed by atoms with Gasteiger partial charge in [0.15, 0.2) is 0 Å². The molecule has 0 rings (SSSR count). The Morgan fingerprint density at radius 1 is 0.818 bits per heavy atom. The molecule has 3 atom stereocenters.